The number of hydrogen-bond donors (Lipinski definition) is 1. The Morgan fingerprint density at radius 2 is 2.00 bits per heavy atom. The van der Waals surface area contributed by atoms with Crippen LogP contribution in [-0.2, 0) is 6.54 Å². The summed E-state index contributed by atoms with van der Waals surface area (Å²) in [4.78, 5) is 2.45. The molecule has 0 aromatic heterocycles. The van der Waals surface area contributed by atoms with Crippen LogP contribution >= 0.6 is 0 Å². The third-order valence-electron chi connectivity index (χ3n) is 3.76. The van der Waals surface area contributed by atoms with Crippen molar-refractivity contribution in [3.63, 3.8) is 0 Å². The van der Waals surface area contributed by atoms with E-state index < -0.39 is 0 Å². The Kier molecular flexibility index (Phi) is 2.65. The Hall–Kier alpha value is -0.930. The maximum Gasteiger partial charge on any atom is 0.123 e. The van der Waals surface area contributed by atoms with Crippen molar-refractivity contribution in [3.05, 3.63) is 35.6 Å². The molecular weight excluding hydrogens is 203 g/mol. The predicted octanol–water partition coefficient (Wildman–Crippen LogP) is 1.48. The number of nitrogens with one attached hydrogen (secondary N) is 1. The maximum absolute atomic E-state index is 13.0. The first-order valence-corrected chi connectivity index (χ1v) is 5.99. The van der Waals surface area contributed by atoms with Crippen molar-refractivity contribution in [1.29, 1.82) is 0 Å². The molecule has 1 aromatic rings. The van der Waals surface area contributed by atoms with E-state index in [0.29, 0.717) is 0 Å². The van der Waals surface area contributed by atoms with Crippen LogP contribution in [0.25, 0.3) is 0 Å². The minimum absolute atomic E-state index is 0.126. The number of halogens is 1. The largest absolute Gasteiger partial charge is 0.316 e. The molecular formula is C13H17FN2. The average molecular weight is 220 g/mol. The lowest BCUT2D eigenvalue weighted by molar-refractivity contribution is 0.305. The summed E-state index contributed by atoms with van der Waals surface area (Å²) in [5, 5.41) is 3.43. The summed E-state index contributed by atoms with van der Waals surface area (Å²) in [6.45, 7) is 5.53. The van der Waals surface area contributed by atoms with Crippen molar-refractivity contribution in [2.75, 3.05) is 26.2 Å². The standard InChI is InChI=1S/C13H17FN2/c14-13-3-1-2-10(4-13)7-16-8-11-5-15-6-12(11)9-16/h1-4,11-12,15H,5-9H2/t11-,12+. The van der Waals surface area contributed by atoms with Gasteiger partial charge in [0.25, 0.3) is 0 Å². The first-order chi connectivity index (χ1) is 7.81. The number of rotatable bonds is 2. The van der Waals surface area contributed by atoms with Crippen molar-refractivity contribution in [3.8, 4) is 0 Å². The first-order valence-electron chi connectivity index (χ1n) is 5.99. The Bertz CT molecular complexity index is 368. The summed E-state index contributed by atoms with van der Waals surface area (Å²) in [5.74, 6) is 1.50. The van der Waals surface area contributed by atoms with Gasteiger partial charge in [-0.3, -0.25) is 4.90 Å². The van der Waals surface area contributed by atoms with Crippen molar-refractivity contribution in [2.45, 2.75) is 6.54 Å². The molecule has 3 heteroatoms. The van der Waals surface area contributed by atoms with Gasteiger partial charge >= 0.3 is 0 Å². The van der Waals surface area contributed by atoms with E-state index in [0.717, 1.165) is 50.1 Å². The van der Waals surface area contributed by atoms with Crippen LogP contribution in [0, 0.1) is 17.7 Å². The molecule has 0 spiro atoms. The number of nitrogens with zero attached hydrogens (tertiary/aromatic N) is 1. The van der Waals surface area contributed by atoms with Gasteiger partial charge in [-0.25, -0.2) is 4.39 Å². The monoisotopic (exact) mass is 220 g/mol. The molecule has 0 saturated carbocycles. The second-order valence-corrected chi connectivity index (χ2v) is 5.00. The topological polar surface area (TPSA) is 15.3 Å². The molecule has 1 N–H and O–H groups in total. The van der Waals surface area contributed by atoms with E-state index in [-0.39, 0.29) is 5.82 Å². The molecule has 0 bridgehead atoms. The summed E-state index contributed by atoms with van der Waals surface area (Å²) in [6.07, 6.45) is 0. The Labute approximate surface area is 95.4 Å². The molecule has 2 heterocycles. The number of benzene rings is 1. The molecule has 2 atom stereocenters. The van der Waals surface area contributed by atoms with Gasteiger partial charge in [-0.05, 0) is 42.6 Å². The smallest absolute Gasteiger partial charge is 0.123 e. The van der Waals surface area contributed by atoms with Gasteiger partial charge in [0.1, 0.15) is 5.82 Å². The first kappa shape index (κ1) is 10.2. The number of hydrogen-bond acceptors (Lipinski definition) is 2. The van der Waals surface area contributed by atoms with E-state index in [4.69, 9.17) is 0 Å². The zero-order chi connectivity index (χ0) is 11.0. The lowest BCUT2D eigenvalue weighted by Crippen LogP contribution is -2.25. The van der Waals surface area contributed by atoms with E-state index in [9.17, 15) is 4.39 Å². The van der Waals surface area contributed by atoms with E-state index in [1.807, 2.05) is 6.07 Å². The van der Waals surface area contributed by atoms with Crippen LogP contribution in [0.15, 0.2) is 24.3 Å². The predicted molar refractivity (Wildman–Crippen MR) is 61.5 cm³/mol. The van der Waals surface area contributed by atoms with Crippen LogP contribution in [0.3, 0.4) is 0 Å². The summed E-state index contributed by atoms with van der Waals surface area (Å²) in [7, 11) is 0. The molecule has 0 unspecified atom stereocenters. The zero-order valence-electron chi connectivity index (χ0n) is 9.32. The van der Waals surface area contributed by atoms with Crippen LogP contribution in [0.2, 0.25) is 0 Å². The molecule has 2 saturated heterocycles. The van der Waals surface area contributed by atoms with Gasteiger partial charge in [-0.2, -0.15) is 0 Å². The summed E-state index contributed by atoms with van der Waals surface area (Å²) in [5.41, 5.74) is 1.09. The summed E-state index contributed by atoms with van der Waals surface area (Å²) >= 11 is 0. The fraction of sp³-hybridized carbons (Fsp3) is 0.538. The van der Waals surface area contributed by atoms with Crippen LogP contribution in [0.1, 0.15) is 5.56 Å². The van der Waals surface area contributed by atoms with Gasteiger partial charge in [0, 0.05) is 19.6 Å². The molecule has 2 fully saturated rings. The van der Waals surface area contributed by atoms with Gasteiger partial charge in [0.15, 0.2) is 0 Å². The highest BCUT2D eigenvalue weighted by Gasteiger charge is 2.35. The molecule has 16 heavy (non-hydrogen) atoms. The van der Waals surface area contributed by atoms with Crippen molar-refractivity contribution in [2.24, 2.45) is 11.8 Å². The normalized spacial score (nSPS) is 29.6. The average Bonchev–Trinajstić information content (AvgIpc) is 2.77. The second kappa shape index (κ2) is 4.15. The third-order valence-corrected chi connectivity index (χ3v) is 3.76. The Morgan fingerprint density at radius 1 is 1.25 bits per heavy atom. The second-order valence-electron chi connectivity index (χ2n) is 5.00. The molecule has 1 aromatic carbocycles. The van der Waals surface area contributed by atoms with Crippen LogP contribution in [0.5, 0.6) is 0 Å². The zero-order valence-corrected chi connectivity index (χ0v) is 9.32. The fourth-order valence-electron chi connectivity index (χ4n) is 2.98. The van der Waals surface area contributed by atoms with Gasteiger partial charge in [0.2, 0.25) is 0 Å². The van der Waals surface area contributed by atoms with Crippen molar-refractivity contribution in [1.82, 2.24) is 10.2 Å². The van der Waals surface area contributed by atoms with Gasteiger partial charge in [0.05, 0.1) is 0 Å². The highest BCUT2D eigenvalue weighted by molar-refractivity contribution is 5.16. The molecule has 2 nitrogen and oxygen atoms in total. The molecule has 0 radical (unpaired) electrons. The summed E-state index contributed by atoms with van der Waals surface area (Å²) in [6, 6.07) is 6.96. The lowest BCUT2D eigenvalue weighted by Gasteiger charge is -2.16. The summed E-state index contributed by atoms with van der Waals surface area (Å²) < 4.78 is 13.0. The lowest BCUT2D eigenvalue weighted by atomic mass is 10.0. The maximum atomic E-state index is 13.0. The molecule has 2 aliphatic heterocycles. The van der Waals surface area contributed by atoms with Gasteiger partial charge in [-0.1, -0.05) is 12.1 Å². The van der Waals surface area contributed by atoms with Gasteiger partial charge in [-0.15, -0.1) is 0 Å². The van der Waals surface area contributed by atoms with Gasteiger partial charge < -0.3 is 5.32 Å². The van der Waals surface area contributed by atoms with Crippen molar-refractivity contribution >= 4 is 0 Å². The quantitative estimate of drug-likeness (QED) is 0.812. The van der Waals surface area contributed by atoms with E-state index in [1.54, 1.807) is 12.1 Å². The molecule has 0 aliphatic carbocycles. The van der Waals surface area contributed by atoms with Crippen LogP contribution in [-0.4, -0.2) is 31.1 Å². The molecule has 86 valence electrons. The molecule has 3 rings (SSSR count). The molecule has 2 aliphatic rings. The number of likely N-dealkylation sites (tertiary alicyclic amines) is 1. The Morgan fingerprint density at radius 3 is 2.69 bits per heavy atom. The van der Waals surface area contributed by atoms with Crippen LogP contribution in [0.4, 0.5) is 4.39 Å². The highest BCUT2D eigenvalue weighted by Crippen LogP contribution is 2.27. The van der Waals surface area contributed by atoms with E-state index in [2.05, 4.69) is 10.2 Å². The highest BCUT2D eigenvalue weighted by atomic mass is 19.1. The van der Waals surface area contributed by atoms with E-state index in [1.165, 1.54) is 6.07 Å². The minimum Gasteiger partial charge on any atom is -0.316 e. The molecule has 0 amide bonds. The van der Waals surface area contributed by atoms with E-state index >= 15 is 0 Å². The fourth-order valence-corrected chi connectivity index (χ4v) is 2.98. The number of fused-ring (bicyclic) bond motifs is 1. The van der Waals surface area contributed by atoms with Crippen molar-refractivity contribution < 1.29 is 4.39 Å². The third kappa shape index (κ3) is 1.97. The minimum atomic E-state index is -0.126. The van der Waals surface area contributed by atoms with Crippen LogP contribution < -0.4 is 5.32 Å². The Balaban J connectivity index is 1.64. The SMILES string of the molecule is Fc1cccc(CN2C[C@H]3CNC[C@H]3C2)c1.